The van der Waals surface area contributed by atoms with E-state index in [2.05, 4.69) is 5.32 Å². The number of nitrogens with one attached hydrogen (secondary N) is 1. The predicted molar refractivity (Wildman–Crippen MR) is 92.0 cm³/mol. The molecule has 1 fully saturated rings. The number of hydrogen-bond acceptors (Lipinski definition) is 3. The fourth-order valence-electron chi connectivity index (χ4n) is 2.74. The molecule has 1 saturated heterocycles. The Morgan fingerprint density at radius 3 is 2.17 bits per heavy atom. The third-order valence-corrected chi connectivity index (χ3v) is 4.18. The van der Waals surface area contributed by atoms with Crippen LogP contribution < -0.4 is 5.32 Å². The molecule has 0 saturated carbocycles. The number of anilines is 1. The van der Waals surface area contributed by atoms with Crippen molar-refractivity contribution in [1.82, 2.24) is 4.90 Å². The Kier molecular flexibility index (Phi) is 4.91. The van der Waals surface area contributed by atoms with Gasteiger partial charge in [-0.25, -0.2) is 0 Å². The van der Waals surface area contributed by atoms with Gasteiger partial charge in [0.05, 0.1) is 6.10 Å². The lowest BCUT2D eigenvalue weighted by Crippen LogP contribution is -2.40. The van der Waals surface area contributed by atoms with Crippen molar-refractivity contribution < 1.29 is 14.7 Å². The fourth-order valence-corrected chi connectivity index (χ4v) is 2.74. The van der Waals surface area contributed by atoms with Crippen LogP contribution in [0.4, 0.5) is 5.69 Å². The fraction of sp³-hybridized carbons (Fsp3) is 0.263. The zero-order valence-corrected chi connectivity index (χ0v) is 13.3. The second-order valence-electron chi connectivity index (χ2n) is 5.92. The van der Waals surface area contributed by atoms with Crippen LogP contribution in [0.5, 0.6) is 0 Å². The number of likely N-dealkylation sites (tertiary alicyclic amines) is 1. The normalized spacial score (nSPS) is 15.1. The molecule has 2 aromatic carbocycles. The van der Waals surface area contributed by atoms with Gasteiger partial charge in [-0.1, -0.05) is 18.2 Å². The van der Waals surface area contributed by atoms with Gasteiger partial charge in [0, 0.05) is 29.9 Å². The van der Waals surface area contributed by atoms with E-state index in [1.165, 1.54) is 0 Å². The minimum atomic E-state index is -0.301. The number of aliphatic hydroxyl groups is 1. The van der Waals surface area contributed by atoms with Crippen LogP contribution in [0.2, 0.25) is 0 Å². The average Bonchev–Trinajstić information content (AvgIpc) is 2.63. The highest BCUT2D eigenvalue weighted by molar-refractivity contribution is 6.04. The molecule has 3 rings (SSSR count). The van der Waals surface area contributed by atoms with E-state index in [0.29, 0.717) is 42.7 Å². The molecule has 0 bridgehead atoms. The van der Waals surface area contributed by atoms with E-state index in [9.17, 15) is 14.7 Å². The molecule has 5 nitrogen and oxygen atoms in total. The Morgan fingerprint density at radius 1 is 0.917 bits per heavy atom. The van der Waals surface area contributed by atoms with Crippen molar-refractivity contribution in [3.05, 3.63) is 65.7 Å². The van der Waals surface area contributed by atoms with E-state index in [0.717, 1.165) is 0 Å². The highest BCUT2D eigenvalue weighted by atomic mass is 16.3. The van der Waals surface area contributed by atoms with Gasteiger partial charge < -0.3 is 15.3 Å². The van der Waals surface area contributed by atoms with Gasteiger partial charge in [0.1, 0.15) is 0 Å². The van der Waals surface area contributed by atoms with Gasteiger partial charge in [-0.3, -0.25) is 9.59 Å². The molecule has 0 spiro atoms. The predicted octanol–water partition coefficient (Wildman–Crippen LogP) is 2.54. The minimum absolute atomic E-state index is 0.0390. The van der Waals surface area contributed by atoms with Crippen LogP contribution >= 0.6 is 0 Å². The number of piperidine rings is 1. The van der Waals surface area contributed by atoms with Gasteiger partial charge in [-0.05, 0) is 49.2 Å². The smallest absolute Gasteiger partial charge is 0.255 e. The van der Waals surface area contributed by atoms with Crippen molar-refractivity contribution in [1.29, 1.82) is 0 Å². The molecule has 0 aromatic heterocycles. The van der Waals surface area contributed by atoms with E-state index in [1.807, 2.05) is 18.2 Å². The van der Waals surface area contributed by atoms with Crippen molar-refractivity contribution in [2.24, 2.45) is 0 Å². The summed E-state index contributed by atoms with van der Waals surface area (Å²) in [5, 5.41) is 12.3. The van der Waals surface area contributed by atoms with Crippen LogP contribution in [0.25, 0.3) is 0 Å². The number of benzene rings is 2. The Morgan fingerprint density at radius 2 is 1.54 bits per heavy atom. The quantitative estimate of drug-likeness (QED) is 0.911. The number of amides is 2. The second kappa shape index (κ2) is 7.27. The van der Waals surface area contributed by atoms with Crippen molar-refractivity contribution in [3.63, 3.8) is 0 Å². The van der Waals surface area contributed by atoms with Crippen LogP contribution in [0.1, 0.15) is 33.6 Å². The van der Waals surface area contributed by atoms with Crippen molar-refractivity contribution >= 4 is 17.5 Å². The molecule has 0 atom stereocenters. The largest absolute Gasteiger partial charge is 0.393 e. The Bertz CT molecular complexity index is 705. The van der Waals surface area contributed by atoms with Crippen LogP contribution in [-0.2, 0) is 0 Å². The maximum Gasteiger partial charge on any atom is 0.255 e. The first kappa shape index (κ1) is 16.2. The first-order valence-electron chi connectivity index (χ1n) is 8.07. The van der Waals surface area contributed by atoms with Crippen molar-refractivity contribution in [2.75, 3.05) is 18.4 Å². The molecule has 1 heterocycles. The van der Waals surface area contributed by atoms with Gasteiger partial charge in [0.15, 0.2) is 0 Å². The maximum absolute atomic E-state index is 12.4. The third kappa shape index (κ3) is 3.81. The summed E-state index contributed by atoms with van der Waals surface area (Å²) in [5.41, 5.74) is 1.82. The number of aliphatic hydroxyl groups excluding tert-OH is 1. The molecule has 5 heteroatoms. The third-order valence-electron chi connectivity index (χ3n) is 4.18. The lowest BCUT2D eigenvalue weighted by molar-refractivity contribution is 0.0546. The SMILES string of the molecule is O=C(Nc1ccc(C(=O)N2CCC(O)CC2)cc1)c1ccccc1. The zero-order chi connectivity index (χ0) is 16.9. The molecule has 0 aliphatic carbocycles. The summed E-state index contributed by atoms with van der Waals surface area (Å²) in [5.74, 6) is -0.220. The van der Waals surface area contributed by atoms with Gasteiger partial charge >= 0.3 is 0 Å². The molecular weight excluding hydrogens is 304 g/mol. The van der Waals surface area contributed by atoms with Gasteiger partial charge in [0.25, 0.3) is 11.8 Å². The zero-order valence-electron chi connectivity index (χ0n) is 13.3. The highest BCUT2D eigenvalue weighted by Crippen LogP contribution is 2.16. The Balaban J connectivity index is 1.63. The number of carbonyl (C=O) groups excluding carboxylic acids is 2. The molecule has 2 amide bonds. The van der Waals surface area contributed by atoms with Crippen LogP contribution in [0.15, 0.2) is 54.6 Å². The molecule has 2 aromatic rings. The summed E-state index contributed by atoms with van der Waals surface area (Å²) in [6.07, 6.45) is 0.943. The van der Waals surface area contributed by atoms with E-state index < -0.39 is 0 Å². The van der Waals surface area contributed by atoms with E-state index in [1.54, 1.807) is 41.3 Å². The van der Waals surface area contributed by atoms with Crippen LogP contribution in [0, 0.1) is 0 Å². The van der Waals surface area contributed by atoms with Crippen molar-refractivity contribution in [2.45, 2.75) is 18.9 Å². The Hall–Kier alpha value is -2.66. The average molecular weight is 324 g/mol. The number of nitrogens with zero attached hydrogens (tertiary/aromatic N) is 1. The lowest BCUT2D eigenvalue weighted by Gasteiger charge is -2.29. The summed E-state index contributed by atoms with van der Waals surface area (Å²) in [6, 6.07) is 15.9. The number of rotatable bonds is 3. The standard InChI is InChI=1S/C19H20N2O3/c22-17-10-12-21(13-11-17)19(24)15-6-8-16(9-7-15)20-18(23)14-4-2-1-3-5-14/h1-9,17,22H,10-13H2,(H,20,23). The highest BCUT2D eigenvalue weighted by Gasteiger charge is 2.22. The number of hydrogen-bond donors (Lipinski definition) is 2. The molecule has 2 N–H and O–H groups in total. The first-order chi connectivity index (χ1) is 11.6. The summed E-state index contributed by atoms with van der Waals surface area (Å²) < 4.78 is 0. The summed E-state index contributed by atoms with van der Waals surface area (Å²) in [4.78, 5) is 26.3. The topological polar surface area (TPSA) is 69.6 Å². The van der Waals surface area contributed by atoms with Gasteiger partial charge in [0.2, 0.25) is 0 Å². The second-order valence-corrected chi connectivity index (χ2v) is 5.92. The van der Waals surface area contributed by atoms with Crippen LogP contribution in [0.3, 0.4) is 0 Å². The van der Waals surface area contributed by atoms with E-state index in [-0.39, 0.29) is 17.9 Å². The number of carbonyl (C=O) groups is 2. The molecule has 0 unspecified atom stereocenters. The van der Waals surface area contributed by atoms with Crippen molar-refractivity contribution in [3.8, 4) is 0 Å². The molecular formula is C19H20N2O3. The van der Waals surface area contributed by atoms with Crippen LogP contribution in [-0.4, -0.2) is 41.0 Å². The van der Waals surface area contributed by atoms with E-state index >= 15 is 0 Å². The van der Waals surface area contributed by atoms with Gasteiger partial charge in [-0.2, -0.15) is 0 Å². The molecule has 1 aliphatic rings. The maximum atomic E-state index is 12.4. The monoisotopic (exact) mass is 324 g/mol. The molecule has 1 aliphatic heterocycles. The lowest BCUT2D eigenvalue weighted by atomic mass is 10.1. The minimum Gasteiger partial charge on any atom is -0.393 e. The summed E-state index contributed by atoms with van der Waals surface area (Å²) in [6.45, 7) is 1.15. The molecule has 124 valence electrons. The molecule has 24 heavy (non-hydrogen) atoms. The summed E-state index contributed by atoms with van der Waals surface area (Å²) in [7, 11) is 0. The van der Waals surface area contributed by atoms with E-state index in [4.69, 9.17) is 0 Å². The Labute approximate surface area is 140 Å². The summed E-state index contributed by atoms with van der Waals surface area (Å²) >= 11 is 0. The van der Waals surface area contributed by atoms with Gasteiger partial charge in [-0.15, -0.1) is 0 Å². The molecule has 0 radical (unpaired) electrons. The first-order valence-corrected chi connectivity index (χ1v) is 8.07.